The fraction of sp³-hybridized carbons (Fsp3) is 0.700. The van der Waals surface area contributed by atoms with Crippen molar-refractivity contribution in [2.45, 2.75) is 39.0 Å². The van der Waals surface area contributed by atoms with Gasteiger partial charge in [-0.2, -0.15) is 5.10 Å². The van der Waals surface area contributed by atoms with Gasteiger partial charge < -0.3 is 9.84 Å². The monoisotopic (exact) mass is 243 g/mol. The maximum Gasteiger partial charge on any atom is 0.344 e. The van der Waals surface area contributed by atoms with Crippen molar-refractivity contribution in [3.8, 4) is 0 Å². The summed E-state index contributed by atoms with van der Waals surface area (Å²) in [6, 6.07) is 0. The van der Waals surface area contributed by atoms with Crippen LogP contribution in [0.5, 0.6) is 0 Å². The van der Waals surface area contributed by atoms with E-state index in [9.17, 15) is 14.7 Å². The smallest absolute Gasteiger partial charge is 0.344 e. The number of hydrogen-bond donors (Lipinski definition) is 2. The Morgan fingerprint density at radius 2 is 2.18 bits per heavy atom. The predicted octanol–water partition coefficient (Wildman–Crippen LogP) is -0.892. The van der Waals surface area contributed by atoms with Crippen LogP contribution in [0.25, 0.3) is 0 Å². The van der Waals surface area contributed by atoms with E-state index in [2.05, 4.69) is 10.2 Å². The first-order valence-corrected chi connectivity index (χ1v) is 5.26. The quantitative estimate of drug-likeness (QED) is 0.714. The molecule has 7 heteroatoms. The van der Waals surface area contributed by atoms with Crippen LogP contribution >= 0.6 is 0 Å². The second kappa shape index (κ2) is 5.24. The van der Waals surface area contributed by atoms with Gasteiger partial charge >= 0.3 is 5.69 Å². The van der Waals surface area contributed by atoms with Gasteiger partial charge in [0.25, 0.3) is 5.56 Å². The average Bonchev–Trinajstić information content (AvgIpc) is 2.20. The molecule has 1 atom stereocenters. The first-order valence-electron chi connectivity index (χ1n) is 5.26. The molecule has 0 fully saturated rings. The third-order valence-electron chi connectivity index (χ3n) is 1.95. The van der Waals surface area contributed by atoms with Crippen LogP contribution in [0.3, 0.4) is 0 Å². The Morgan fingerprint density at radius 3 is 2.71 bits per heavy atom. The van der Waals surface area contributed by atoms with Crippen LogP contribution in [0.1, 0.15) is 20.8 Å². The van der Waals surface area contributed by atoms with Crippen molar-refractivity contribution in [3.05, 3.63) is 27.0 Å². The summed E-state index contributed by atoms with van der Waals surface area (Å²) in [5, 5.41) is 15.1. The summed E-state index contributed by atoms with van der Waals surface area (Å²) in [5.74, 6) is 0. The molecule has 2 N–H and O–H groups in total. The molecule has 0 aliphatic carbocycles. The molecule has 1 aromatic rings. The second-order valence-corrected chi connectivity index (χ2v) is 4.70. The molecule has 1 aromatic heterocycles. The van der Waals surface area contributed by atoms with Gasteiger partial charge in [0.05, 0.1) is 24.9 Å². The normalized spacial score (nSPS) is 13.6. The Labute approximate surface area is 98.1 Å². The highest BCUT2D eigenvalue weighted by Gasteiger charge is 2.15. The zero-order valence-electron chi connectivity index (χ0n) is 10.1. The fourth-order valence-corrected chi connectivity index (χ4v) is 1.16. The molecule has 0 saturated heterocycles. The van der Waals surface area contributed by atoms with E-state index in [4.69, 9.17) is 4.74 Å². The number of aromatic nitrogens is 3. The lowest BCUT2D eigenvalue weighted by Gasteiger charge is -2.21. The van der Waals surface area contributed by atoms with E-state index in [1.165, 1.54) is 0 Å². The van der Waals surface area contributed by atoms with Crippen LogP contribution in [0.2, 0.25) is 0 Å². The largest absolute Gasteiger partial charge is 0.389 e. The Balaban J connectivity index is 2.66. The van der Waals surface area contributed by atoms with Crippen molar-refractivity contribution >= 4 is 0 Å². The maximum atomic E-state index is 11.3. The minimum absolute atomic E-state index is 0.0533. The lowest BCUT2D eigenvalue weighted by Crippen LogP contribution is -2.40. The molecule has 0 aliphatic heterocycles. The third kappa shape index (κ3) is 4.49. The van der Waals surface area contributed by atoms with Gasteiger partial charge in [-0.05, 0) is 20.8 Å². The summed E-state index contributed by atoms with van der Waals surface area (Å²) in [5.41, 5.74) is -1.58. The first kappa shape index (κ1) is 13.6. The number of nitrogens with zero attached hydrogens (tertiary/aromatic N) is 2. The molecule has 7 nitrogen and oxygen atoms in total. The minimum atomic E-state index is -0.921. The van der Waals surface area contributed by atoms with Gasteiger partial charge in [-0.3, -0.25) is 9.36 Å². The van der Waals surface area contributed by atoms with E-state index in [0.29, 0.717) is 0 Å². The summed E-state index contributed by atoms with van der Waals surface area (Å²) >= 11 is 0. The van der Waals surface area contributed by atoms with Crippen LogP contribution < -0.4 is 11.2 Å². The number of aliphatic hydroxyl groups excluding tert-OH is 1. The Hall–Kier alpha value is -1.47. The molecule has 0 aromatic carbocycles. The molecule has 0 bridgehead atoms. The molecule has 1 heterocycles. The van der Waals surface area contributed by atoms with Gasteiger partial charge in [0, 0.05) is 0 Å². The van der Waals surface area contributed by atoms with E-state index < -0.39 is 17.4 Å². The van der Waals surface area contributed by atoms with E-state index in [1.54, 1.807) is 0 Å². The maximum absolute atomic E-state index is 11.3. The summed E-state index contributed by atoms with van der Waals surface area (Å²) < 4.78 is 6.23. The highest BCUT2D eigenvalue weighted by atomic mass is 16.5. The zero-order valence-corrected chi connectivity index (χ0v) is 10.1. The van der Waals surface area contributed by atoms with Gasteiger partial charge in [-0.15, -0.1) is 0 Å². The molecular formula is C10H17N3O4. The van der Waals surface area contributed by atoms with Crippen LogP contribution in [-0.4, -0.2) is 38.2 Å². The Bertz CT molecular complexity index is 443. The zero-order chi connectivity index (χ0) is 13.1. The third-order valence-corrected chi connectivity index (χ3v) is 1.95. The second-order valence-electron chi connectivity index (χ2n) is 4.70. The SMILES string of the molecule is CC(C)(C)OCC(O)Cn1c(=O)cn[nH]c1=O. The van der Waals surface area contributed by atoms with Crippen molar-refractivity contribution in [3.63, 3.8) is 0 Å². The average molecular weight is 243 g/mol. The summed E-state index contributed by atoms with van der Waals surface area (Å²) in [6.07, 6.45) is 0.0640. The first-order chi connectivity index (χ1) is 7.79. The fourth-order valence-electron chi connectivity index (χ4n) is 1.16. The number of nitrogens with one attached hydrogen (secondary N) is 1. The molecule has 0 aliphatic rings. The van der Waals surface area contributed by atoms with Crippen molar-refractivity contribution in [1.82, 2.24) is 14.8 Å². The molecule has 0 radical (unpaired) electrons. The molecule has 0 spiro atoms. The molecule has 0 amide bonds. The summed E-state index contributed by atoms with van der Waals surface area (Å²) in [4.78, 5) is 22.6. The van der Waals surface area contributed by atoms with Crippen LogP contribution in [-0.2, 0) is 11.3 Å². The van der Waals surface area contributed by atoms with E-state index in [0.717, 1.165) is 10.8 Å². The lowest BCUT2D eigenvalue weighted by atomic mass is 10.2. The number of aromatic amines is 1. The summed E-state index contributed by atoms with van der Waals surface area (Å²) in [6.45, 7) is 5.49. The molecule has 1 unspecified atom stereocenters. The van der Waals surface area contributed by atoms with Crippen molar-refractivity contribution in [2.75, 3.05) is 6.61 Å². The highest BCUT2D eigenvalue weighted by molar-refractivity contribution is 4.75. The number of rotatable bonds is 4. The highest BCUT2D eigenvalue weighted by Crippen LogP contribution is 2.07. The minimum Gasteiger partial charge on any atom is -0.389 e. The van der Waals surface area contributed by atoms with Crippen molar-refractivity contribution in [2.24, 2.45) is 0 Å². The predicted molar refractivity (Wildman–Crippen MR) is 60.8 cm³/mol. The van der Waals surface area contributed by atoms with Crippen molar-refractivity contribution in [1.29, 1.82) is 0 Å². The molecular weight excluding hydrogens is 226 g/mol. The van der Waals surface area contributed by atoms with Crippen LogP contribution in [0, 0.1) is 0 Å². The number of ether oxygens (including phenoxy) is 1. The van der Waals surface area contributed by atoms with Crippen LogP contribution in [0.15, 0.2) is 15.8 Å². The molecule has 0 saturated carbocycles. The topological polar surface area (TPSA) is 97.2 Å². The Morgan fingerprint density at radius 1 is 1.53 bits per heavy atom. The van der Waals surface area contributed by atoms with Gasteiger partial charge in [-0.1, -0.05) is 0 Å². The van der Waals surface area contributed by atoms with Crippen LogP contribution in [0.4, 0.5) is 0 Å². The number of H-pyrrole nitrogens is 1. The van der Waals surface area contributed by atoms with Gasteiger partial charge in [-0.25, -0.2) is 9.89 Å². The molecule has 96 valence electrons. The van der Waals surface area contributed by atoms with Gasteiger partial charge in [0.15, 0.2) is 0 Å². The molecule has 1 rings (SSSR count). The van der Waals surface area contributed by atoms with E-state index >= 15 is 0 Å². The Kier molecular flexibility index (Phi) is 4.19. The van der Waals surface area contributed by atoms with Gasteiger partial charge in [0.2, 0.25) is 0 Å². The summed E-state index contributed by atoms with van der Waals surface area (Å²) in [7, 11) is 0. The number of aliphatic hydroxyl groups is 1. The number of hydrogen-bond acceptors (Lipinski definition) is 5. The van der Waals surface area contributed by atoms with Gasteiger partial charge in [0.1, 0.15) is 6.20 Å². The van der Waals surface area contributed by atoms with Crippen molar-refractivity contribution < 1.29 is 9.84 Å². The van der Waals surface area contributed by atoms with E-state index in [-0.39, 0.29) is 18.8 Å². The lowest BCUT2D eigenvalue weighted by molar-refractivity contribution is -0.0530. The standard InChI is InChI=1S/C10H17N3O4/c1-10(2,3)17-6-7(14)5-13-8(15)4-11-12-9(13)16/h4,7,14H,5-6H2,1-3H3,(H,12,16). The van der Waals surface area contributed by atoms with E-state index in [1.807, 2.05) is 20.8 Å². The molecule has 17 heavy (non-hydrogen) atoms.